The smallest absolute Gasteiger partial charge is 0.254 e. The quantitative estimate of drug-likeness (QED) is 0.847. The molecular formula is C20H24ClN3O. The van der Waals surface area contributed by atoms with Gasteiger partial charge < -0.3 is 5.32 Å². The van der Waals surface area contributed by atoms with Gasteiger partial charge in [-0.15, -0.1) is 0 Å². The van der Waals surface area contributed by atoms with Gasteiger partial charge in [-0.25, -0.2) is 4.68 Å². The zero-order chi connectivity index (χ0) is 17.4. The molecule has 0 aliphatic heterocycles. The zero-order valence-corrected chi connectivity index (χ0v) is 15.4. The van der Waals surface area contributed by atoms with Crippen LogP contribution in [-0.4, -0.2) is 22.2 Å². The molecule has 0 saturated heterocycles. The molecule has 1 N–H and O–H groups in total. The molecule has 1 amide bonds. The number of carbonyl (C=O) groups excluding carboxylic acids is 1. The molecule has 1 aromatic carbocycles. The molecule has 0 spiro atoms. The Kier molecular flexibility index (Phi) is 4.55. The highest BCUT2D eigenvalue weighted by molar-refractivity contribution is 6.31. The predicted octanol–water partition coefficient (Wildman–Crippen LogP) is 4.63. The maximum absolute atomic E-state index is 12.7. The summed E-state index contributed by atoms with van der Waals surface area (Å²) in [7, 11) is 0. The van der Waals surface area contributed by atoms with Crippen LogP contribution in [0.25, 0.3) is 5.69 Å². The Morgan fingerprint density at radius 1 is 1.28 bits per heavy atom. The van der Waals surface area contributed by atoms with Gasteiger partial charge in [0.05, 0.1) is 23.1 Å². The summed E-state index contributed by atoms with van der Waals surface area (Å²) in [4.78, 5) is 12.7. The van der Waals surface area contributed by atoms with Gasteiger partial charge in [0.1, 0.15) is 0 Å². The number of benzene rings is 1. The fraction of sp³-hybridized carbons (Fsp3) is 0.500. The van der Waals surface area contributed by atoms with E-state index >= 15 is 0 Å². The first-order valence-corrected chi connectivity index (χ1v) is 9.64. The minimum absolute atomic E-state index is 0.0123. The fourth-order valence-corrected chi connectivity index (χ4v) is 3.92. The van der Waals surface area contributed by atoms with Crippen LogP contribution in [0.2, 0.25) is 5.02 Å². The average Bonchev–Trinajstić information content (AvgIpc) is 3.13. The van der Waals surface area contributed by atoms with E-state index in [2.05, 4.69) is 10.4 Å². The van der Waals surface area contributed by atoms with Crippen molar-refractivity contribution in [2.45, 2.75) is 51.4 Å². The van der Waals surface area contributed by atoms with Gasteiger partial charge in [0.15, 0.2) is 0 Å². The van der Waals surface area contributed by atoms with Crippen molar-refractivity contribution in [3.8, 4) is 5.69 Å². The molecule has 132 valence electrons. The molecule has 0 bridgehead atoms. The maximum Gasteiger partial charge on any atom is 0.254 e. The molecule has 4 nitrogen and oxygen atoms in total. The van der Waals surface area contributed by atoms with Gasteiger partial charge in [0.25, 0.3) is 5.91 Å². The van der Waals surface area contributed by atoms with Crippen LogP contribution in [0.3, 0.4) is 0 Å². The van der Waals surface area contributed by atoms with Gasteiger partial charge in [0.2, 0.25) is 0 Å². The molecule has 0 unspecified atom stereocenters. The standard InChI is InChI=1S/C20H24ClN3O/c1-13-6-9-16(10-18(13)21)24-19(15-7-8-15)17(12-23-24)20(25)22-11-14-4-2-3-5-14/h6,9-10,12,14-15H,2-5,7-8,11H2,1H3,(H,22,25). The number of aryl methyl sites for hydroxylation is 1. The lowest BCUT2D eigenvalue weighted by atomic mass is 10.1. The van der Waals surface area contributed by atoms with Gasteiger partial charge >= 0.3 is 0 Å². The van der Waals surface area contributed by atoms with Crippen molar-refractivity contribution < 1.29 is 4.79 Å². The summed E-state index contributed by atoms with van der Waals surface area (Å²) in [6.07, 6.45) is 9.00. The first-order valence-electron chi connectivity index (χ1n) is 9.26. The van der Waals surface area contributed by atoms with Crippen molar-refractivity contribution in [2.75, 3.05) is 6.54 Å². The highest BCUT2D eigenvalue weighted by atomic mass is 35.5. The van der Waals surface area contributed by atoms with Crippen LogP contribution in [0.4, 0.5) is 0 Å². The largest absolute Gasteiger partial charge is 0.352 e. The molecule has 2 saturated carbocycles. The second-order valence-electron chi connectivity index (χ2n) is 7.42. The third-order valence-corrected chi connectivity index (χ3v) is 5.85. The third-order valence-electron chi connectivity index (χ3n) is 5.44. The van der Waals surface area contributed by atoms with Crippen LogP contribution in [0.15, 0.2) is 24.4 Å². The van der Waals surface area contributed by atoms with Crippen LogP contribution in [-0.2, 0) is 0 Å². The van der Waals surface area contributed by atoms with Crippen LogP contribution in [0, 0.1) is 12.8 Å². The predicted molar refractivity (Wildman–Crippen MR) is 99.6 cm³/mol. The summed E-state index contributed by atoms with van der Waals surface area (Å²) < 4.78 is 1.90. The van der Waals surface area contributed by atoms with Crippen LogP contribution >= 0.6 is 11.6 Å². The average molecular weight is 358 g/mol. The summed E-state index contributed by atoms with van der Waals surface area (Å²) >= 11 is 6.28. The molecule has 0 atom stereocenters. The summed E-state index contributed by atoms with van der Waals surface area (Å²) in [5, 5.41) is 8.37. The van der Waals surface area contributed by atoms with Gasteiger partial charge in [-0.05, 0) is 56.2 Å². The van der Waals surface area contributed by atoms with E-state index in [1.54, 1.807) is 6.20 Å². The summed E-state index contributed by atoms with van der Waals surface area (Å²) in [6, 6.07) is 5.94. The van der Waals surface area contributed by atoms with Crippen LogP contribution < -0.4 is 5.32 Å². The van der Waals surface area contributed by atoms with E-state index in [0.29, 0.717) is 11.8 Å². The van der Waals surface area contributed by atoms with Crippen molar-refractivity contribution in [2.24, 2.45) is 5.92 Å². The van der Waals surface area contributed by atoms with Crippen molar-refractivity contribution >= 4 is 17.5 Å². The molecule has 2 fully saturated rings. The number of rotatable bonds is 5. The fourth-order valence-electron chi connectivity index (χ4n) is 3.75. The lowest BCUT2D eigenvalue weighted by molar-refractivity contribution is 0.0946. The first-order chi connectivity index (χ1) is 12.1. The lowest BCUT2D eigenvalue weighted by Crippen LogP contribution is -2.28. The van der Waals surface area contributed by atoms with E-state index in [1.807, 2.05) is 29.8 Å². The number of nitrogens with zero attached hydrogens (tertiary/aromatic N) is 2. The monoisotopic (exact) mass is 357 g/mol. The van der Waals surface area contributed by atoms with Crippen molar-refractivity contribution in [3.63, 3.8) is 0 Å². The molecule has 1 heterocycles. The van der Waals surface area contributed by atoms with Gasteiger partial charge in [-0.3, -0.25) is 4.79 Å². The Labute approximate surface area is 153 Å². The van der Waals surface area contributed by atoms with Crippen LogP contribution in [0.5, 0.6) is 0 Å². The molecule has 5 heteroatoms. The topological polar surface area (TPSA) is 46.9 Å². The summed E-state index contributed by atoms with van der Waals surface area (Å²) in [5.74, 6) is 1.08. The molecule has 0 radical (unpaired) electrons. The summed E-state index contributed by atoms with van der Waals surface area (Å²) in [6.45, 7) is 2.77. The lowest BCUT2D eigenvalue weighted by Gasteiger charge is -2.12. The van der Waals surface area contributed by atoms with E-state index in [4.69, 9.17) is 11.6 Å². The number of aromatic nitrogens is 2. The van der Waals surface area contributed by atoms with E-state index in [1.165, 1.54) is 25.7 Å². The Hall–Kier alpha value is -1.81. The van der Waals surface area contributed by atoms with E-state index in [-0.39, 0.29) is 5.91 Å². The number of carbonyl (C=O) groups is 1. The Morgan fingerprint density at radius 2 is 2.04 bits per heavy atom. The Bertz CT molecular complexity index is 788. The molecule has 25 heavy (non-hydrogen) atoms. The van der Waals surface area contributed by atoms with E-state index in [9.17, 15) is 4.79 Å². The van der Waals surface area contributed by atoms with Gasteiger partial charge in [0, 0.05) is 17.5 Å². The normalized spacial score (nSPS) is 17.8. The SMILES string of the molecule is Cc1ccc(-n2ncc(C(=O)NCC3CCCC3)c2C2CC2)cc1Cl. The molecule has 4 rings (SSSR count). The highest BCUT2D eigenvalue weighted by Gasteiger charge is 2.33. The van der Waals surface area contributed by atoms with E-state index in [0.717, 1.165) is 46.9 Å². The number of nitrogens with one attached hydrogen (secondary N) is 1. The molecule has 2 aromatic rings. The third kappa shape index (κ3) is 3.45. The Morgan fingerprint density at radius 3 is 2.72 bits per heavy atom. The van der Waals surface area contributed by atoms with Gasteiger partial charge in [-0.2, -0.15) is 5.10 Å². The second-order valence-corrected chi connectivity index (χ2v) is 7.83. The zero-order valence-electron chi connectivity index (χ0n) is 14.6. The first kappa shape index (κ1) is 16.6. The number of amides is 1. The minimum Gasteiger partial charge on any atom is -0.352 e. The van der Waals surface area contributed by atoms with Crippen molar-refractivity contribution in [1.29, 1.82) is 0 Å². The highest BCUT2D eigenvalue weighted by Crippen LogP contribution is 2.42. The van der Waals surface area contributed by atoms with Gasteiger partial charge in [-0.1, -0.05) is 30.5 Å². The van der Waals surface area contributed by atoms with Crippen LogP contribution in [0.1, 0.15) is 66.1 Å². The molecule has 2 aliphatic rings. The molecule has 1 aromatic heterocycles. The number of hydrogen-bond donors (Lipinski definition) is 1. The molecular weight excluding hydrogens is 334 g/mol. The van der Waals surface area contributed by atoms with Crippen molar-refractivity contribution in [3.05, 3.63) is 46.2 Å². The summed E-state index contributed by atoms with van der Waals surface area (Å²) in [5.41, 5.74) is 3.72. The molecule has 2 aliphatic carbocycles. The van der Waals surface area contributed by atoms with Crippen molar-refractivity contribution in [1.82, 2.24) is 15.1 Å². The number of hydrogen-bond acceptors (Lipinski definition) is 2. The second kappa shape index (κ2) is 6.83. The number of halogens is 1. The minimum atomic E-state index is 0.0123. The van der Waals surface area contributed by atoms with E-state index < -0.39 is 0 Å². The Balaban J connectivity index is 1.59. The maximum atomic E-state index is 12.7.